The van der Waals surface area contributed by atoms with Crippen molar-refractivity contribution in [1.29, 1.82) is 0 Å². The van der Waals surface area contributed by atoms with Crippen molar-refractivity contribution in [3.05, 3.63) is 0 Å². The maximum absolute atomic E-state index is 12.3. The minimum absolute atomic E-state index is 0.0150. The minimum Gasteiger partial charge on any atom is -0.479 e. The fraction of sp³-hybridized carbons (Fsp3) is 0.833. The normalized spacial score (nSPS) is 36.7. The lowest BCUT2D eigenvalue weighted by Crippen LogP contribution is -2.53. The van der Waals surface area contributed by atoms with Crippen LogP contribution < -0.4 is 0 Å². The second kappa shape index (κ2) is 5.24. The van der Waals surface area contributed by atoms with Crippen molar-refractivity contribution in [2.45, 2.75) is 51.0 Å². The Hall–Kier alpha value is -1.14. The van der Waals surface area contributed by atoms with Crippen LogP contribution in [0.3, 0.4) is 0 Å². The Morgan fingerprint density at radius 1 is 1.22 bits per heavy atom. The summed E-state index contributed by atoms with van der Waals surface area (Å²) in [5.41, 5.74) is 0. The number of hydrogen-bond acceptors (Lipinski definition) is 4. The number of amides is 1. The van der Waals surface area contributed by atoms with Crippen LogP contribution in [0, 0.1) is 0 Å². The third-order valence-electron chi connectivity index (χ3n) is 3.46. The molecule has 1 amide bonds. The van der Waals surface area contributed by atoms with Gasteiger partial charge < -0.3 is 19.5 Å². The van der Waals surface area contributed by atoms with Crippen LogP contribution in [0.2, 0.25) is 0 Å². The van der Waals surface area contributed by atoms with Crippen molar-refractivity contribution in [3.63, 3.8) is 0 Å². The highest BCUT2D eigenvalue weighted by Gasteiger charge is 2.39. The van der Waals surface area contributed by atoms with Gasteiger partial charge in [0.25, 0.3) is 5.91 Å². The predicted molar refractivity (Wildman–Crippen MR) is 62.1 cm³/mol. The van der Waals surface area contributed by atoms with Crippen molar-refractivity contribution in [3.8, 4) is 0 Å². The minimum atomic E-state index is -0.992. The van der Waals surface area contributed by atoms with Crippen molar-refractivity contribution in [1.82, 2.24) is 4.90 Å². The van der Waals surface area contributed by atoms with Crippen molar-refractivity contribution in [2.75, 3.05) is 13.2 Å². The Labute approximate surface area is 106 Å². The second-order valence-corrected chi connectivity index (χ2v) is 5.01. The van der Waals surface area contributed by atoms with Gasteiger partial charge in [-0.1, -0.05) is 0 Å². The molecule has 0 radical (unpaired) electrons. The number of morpholine rings is 1. The number of carbonyl (C=O) groups is 2. The van der Waals surface area contributed by atoms with E-state index < -0.39 is 18.2 Å². The molecule has 2 saturated heterocycles. The van der Waals surface area contributed by atoms with Gasteiger partial charge in [-0.05, 0) is 26.7 Å². The van der Waals surface area contributed by atoms with Gasteiger partial charge in [-0.15, -0.1) is 0 Å². The summed E-state index contributed by atoms with van der Waals surface area (Å²) in [4.78, 5) is 24.8. The summed E-state index contributed by atoms with van der Waals surface area (Å²) in [6.07, 6.45) is -0.553. The molecule has 2 heterocycles. The zero-order valence-corrected chi connectivity index (χ0v) is 10.7. The van der Waals surface area contributed by atoms with Gasteiger partial charge in [0, 0.05) is 6.54 Å². The number of hydrogen-bond donors (Lipinski definition) is 1. The average molecular weight is 257 g/mol. The Balaban J connectivity index is 1.97. The summed E-state index contributed by atoms with van der Waals surface area (Å²) in [6, 6.07) is 0.0150. The largest absolute Gasteiger partial charge is 0.479 e. The van der Waals surface area contributed by atoms with E-state index in [1.165, 1.54) is 0 Å². The molecular formula is C12H19NO5. The molecule has 102 valence electrons. The third kappa shape index (κ3) is 2.64. The lowest BCUT2D eigenvalue weighted by molar-refractivity contribution is -0.160. The molecule has 1 N–H and O–H groups in total. The number of rotatable bonds is 2. The Kier molecular flexibility index (Phi) is 3.87. The van der Waals surface area contributed by atoms with Gasteiger partial charge in [-0.3, -0.25) is 4.79 Å². The summed E-state index contributed by atoms with van der Waals surface area (Å²) in [7, 11) is 0. The molecule has 0 aliphatic carbocycles. The molecule has 2 aliphatic heterocycles. The molecule has 2 rings (SSSR count). The van der Waals surface area contributed by atoms with Crippen LogP contribution in [-0.2, 0) is 19.1 Å². The van der Waals surface area contributed by atoms with E-state index in [4.69, 9.17) is 14.6 Å². The summed E-state index contributed by atoms with van der Waals surface area (Å²) in [5, 5.41) is 8.85. The molecule has 0 saturated carbocycles. The molecule has 4 atom stereocenters. The number of ether oxygens (including phenoxy) is 2. The average Bonchev–Trinajstić information content (AvgIpc) is 2.81. The predicted octanol–water partition coefficient (Wildman–Crippen LogP) is 0.254. The SMILES string of the molecule is CC1CN(C(=O)[C@@H]2CC[C@H](C(=O)O)O2)C(C)CO1. The lowest BCUT2D eigenvalue weighted by atomic mass is 10.1. The van der Waals surface area contributed by atoms with E-state index in [1.807, 2.05) is 13.8 Å². The number of carboxylic acids is 1. The molecule has 0 spiro atoms. The van der Waals surface area contributed by atoms with Crippen LogP contribution >= 0.6 is 0 Å². The molecule has 0 aromatic carbocycles. The highest BCUT2D eigenvalue weighted by Crippen LogP contribution is 2.23. The first-order chi connectivity index (χ1) is 8.49. The molecule has 2 aliphatic rings. The number of aliphatic carboxylic acids is 1. The second-order valence-electron chi connectivity index (χ2n) is 5.01. The van der Waals surface area contributed by atoms with Gasteiger partial charge in [0.2, 0.25) is 0 Å². The summed E-state index contributed by atoms with van der Waals surface area (Å²) < 4.78 is 10.8. The van der Waals surface area contributed by atoms with Crippen LogP contribution in [0.4, 0.5) is 0 Å². The van der Waals surface area contributed by atoms with E-state index in [2.05, 4.69) is 0 Å². The van der Waals surface area contributed by atoms with Crippen LogP contribution in [0.1, 0.15) is 26.7 Å². The molecule has 6 nitrogen and oxygen atoms in total. The van der Waals surface area contributed by atoms with Gasteiger partial charge >= 0.3 is 5.97 Å². The van der Waals surface area contributed by atoms with Gasteiger partial charge in [0.1, 0.15) is 6.10 Å². The molecular weight excluding hydrogens is 238 g/mol. The van der Waals surface area contributed by atoms with Gasteiger partial charge in [0.15, 0.2) is 6.10 Å². The monoisotopic (exact) mass is 257 g/mol. The Morgan fingerprint density at radius 3 is 2.50 bits per heavy atom. The standard InChI is InChI=1S/C12H19NO5/c1-7-6-17-8(2)5-13(7)11(14)9-3-4-10(18-9)12(15)16/h7-10H,3-6H2,1-2H3,(H,15,16)/t7?,8?,9-,10+/m0/s1. The Bertz CT molecular complexity index is 345. The molecule has 6 heteroatoms. The lowest BCUT2D eigenvalue weighted by Gasteiger charge is -2.38. The maximum atomic E-state index is 12.3. The summed E-state index contributed by atoms with van der Waals surface area (Å²) in [6.45, 7) is 4.90. The van der Waals surface area contributed by atoms with E-state index >= 15 is 0 Å². The van der Waals surface area contributed by atoms with E-state index in [0.717, 1.165) is 0 Å². The maximum Gasteiger partial charge on any atom is 0.332 e. The molecule has 0 bridgehead atoms. The fourth-order valence-electron chi connectivity index (χ4n) is 2.40. The first kappa shape index (κ1) is 13.3. The number of carbonyl (C=O) groups excluding carboxylic acids is 1. The van der Waals surface area contributed by atoms with Crippen molar-refractivity contribution < 1.29 is 24.2 Å². The molecule has 0 aromatic heterocycles. The zero-order chi connectivity index (χ0) is 13.3. The van der Waals surface area contributed by atoms with E-state index in [0.29, 0.717) is 26.0 Å². The van der Waals surface area contributed by atoms with Crippen LogP contribution in [0.15, 0.2) is 0 Å². The van der Waals surface area contributed by atoms with E-state index in [-0.39, 0.29) is 18.1 Å². The van der Waals surface area contributed by atoms with Crippen LogP contribution in [0.5, 0.6) is 0 Å². The third-order valence-corrected chi connectivity index (χ3v) is 3.46. The van der Waals surface area contributed by atoms with E-state index in [9.17, 15) is 9.59 Å². The first-order valence-electron chi connectivity index (χ1n) is 6.29. The van der Waals surface area contributed by atoms with Gasteiger partial charge in [-0.2, -0.15) is 0 Å². The van der Waals surface area contributed by atoms with Crippen LogP contribution in [0.25, 0.3) is 0 Å². The number of carboxylic acid groups (broad SMARTS) is 1. The van der Waals surface area contributed by atoms with Crippen molar-refractivity contribution >= 4 is 11.9 Å². The highest BCUT2D eigenvalue weighted by molar-refractivity contribution is 5.83. The molecule has 2 unspecified atom stereocenters. The van der Waals surface area contributed by atoms with E-state index in [1.54, 1.807) is 4.90 Å². The summed E-state index contributed by atoms with van der Waals surface area (Å²) in [5.74, 6) is -1.10. The van der Waals surface area contributed by atoms with Gasteiger partial charge in [-0.25, -0.2) is 4.79 Å². The highest BCUT2D eigenvalue weighted by atomic mass is 16.5. The zero-order valence-electron chi connectivity index (χ0n) is 10.7. The Morgan fingerprint density at radius 2 is 1.89 bits per heavy atom. The smallest absolute Gasteiger partial charge is 0.332 e. The van der Waals surface area contributed by atoms with Gasteiger partial charge in [0.05, 0.1) is 18.8 Å². The van der Waals surface area contributed by atoms with Crippen molar-refractivity contribution in [2.24, 2.45) is 0 Å². The topological polar surface area (TPSA) is 76.1 Å². The molecule has 18 heavy (non-hydrogen) atoms. The van der Waals surface area contributed by atoms with Crippen LogP contribution in [-0.4, -0.2) is 59.4 Å². The summed E-state index contributed by atoms with van der Waals surface area (Å²) >= 11 is 0. The number of nitrogens with zero attached hydrogens (tertiary/aromatic N) is 1. The molecule has 0 aromatic rings. The quantitative estimate of drug-likeness (QED) is 0.767. The molecule has 2 fully saturated rings. The first-order valence-corrected chi connectivity index (χ1v) is 6.29. The fourth-order valence-corrected chi connectivity index (χ4v) is 2.40.